The lowest BCUT2D eigenvalue weighted by Gasteiger charge is -2.34. The Bertz CT molecular complexity index is 257. The summed E-state index contributed by atoms with van der Waals surface area (Å²) in [5.41, 5.74) is 0. The molecule has 1 unspecified atom stereocenters. The van der Waals surface area contributed by atoms with Crippen molar-refractivity contribution in [3.8, 4) is 0 Å². The van der Waals surface area contributed by atoms with E-state index in [0.717, 1.165) is 38.5 Å². The molecule has 0 fully saturated rings. The van der Waals surface area contributed by atoms with Crippen LogP contribution in [0.2, 0.25) is 0 Å². The minimum absolute atomic E-state index is 0.358. The van der Waals surface area contributed by atoms with Gasteiger partial charge in [0.1, 0.15) is 6.10 Å². The largest absolute Gasteiger partial charge is 0.477 e. The maximum Gasteiger partial charge on any atom is 0.367 e. The van der Waals surface area contributed by atoms with Gasteiger partial charge in [-0.2, -0.15) is 0 Å². The summed E-state index contributed by atoms with van der Waals surface area (Å²) < 4.78 is 16.9. The first kappa shape index (κ1) is 20.3. The lowest BCUT2D eigenvalue weighted by molar-refractivity contribution is -0.283. The smallest absolute Gasteiger partial charge is 0.367 e. The summed E-state index contributed by atoms with van der Waals surface area (Å²) in [5.74, 6) is -2.81. The minimum Gasteiger partial charge on any atom is -0.477 e. The van der Waals surface area contributed by atoms with Crippen molar-refractivity contribution in [3.63, 3.8) is 0 Å². The molecule has 0 saturated heterocycles. The molecule has 0 aromatic heterocycles. The summed E-state index contributed by atoms with van der Waals surface area (Å²) in [6.07, 6.45) is 4.73. The van der Waals surface area contributed by atoms with Gasteiger partial charge in [-0.1, -0.05) is 40.0 Å². The molecule has 0 aromatic rings. The standard InChI is InChI=1S/C16H32O5/c1-5-8-11-19-14(4)16(15(17)18,20-12-9-6-2)21-13-10-7-3/h14H,5-13H2,1-4H3,(H,17,18). The monoisotopic (exact) mass is 304 g/mol. The number of carboxylic acid groups (broad SMARTS) is 1. The van der Waals surface area contributed by atoms with Gasteiger partial charge in [-0.25, -0.2) is 4.79 Å². The number of carbonyl (C=O) groups is 1. The number of ether oxygens (including phenoxy) is 3. The lowest BCUT2D eigenvalue weighted by Crippen LogP contribution is -2.54. The molecule has 5 heteroatoms. The van der Waals surface area contributed by atoms with Crippen LogP contribution in [0.25, 0.3) is 0 Å². The van der Waals surface area contributed by atoms with Crippen molar-refractivity contribution >= 4 is 5.97 Å². The summed E-state index contributed by atoms with van der Waals surface area (Å²) in [7, 11) is 0. The average molecular weight is 304 g/mol. The zero-order chi connectivity index (χ0) is 16.1. The molecule has 126 valence electrons. The molecule has 0 aliphatic carbocycles. The van der Waals surface area contributed by atoms with Gasteiger partial charge in [0, 0.05) is 6.61 Å². The maximum atomic E-state index is 11.8. The fourth-order valence-electron chi connectivity index (χ4n) is 1.82. The predicted octanol–water partition coefficient (Wildman–Crippen LogP) is 3.61. The van der Waals surface area contributed by atoms with Gasteiger partial charge in [-0.15, -0.1) is 0 Å². The van der Waals surface area contributed by atoms with E-state index in [9.17, 15) is 9.90 Å². The van der Waals surface area contributed by atoms with Gasteiger partial charge in [0.15, 0.2) is 0 Å². The van der Waals surface area contributed by atoms with Gasteiger partial charge in [-0.05, 0) is 26.2 Å². The van der Waals surface area contributed by atoms with Crippen molar-refractivity contribution in [1.82, 2.24) is 0 Å². The van der Waals surface area contributed by atoms with Crippen LogP contribution in [-0.4, -0.2) is 42.8 Å². The third kappa shape index (κ3) is 7.25. The molecule has 1 atom stereocenters. The SMILES string of the molecule is CCCCOC(C)C(OCCCC)(OCCCC)C(=O)O. The second-order valence-electron chi connectivity index (χ2n) is 5.24. The van der Waals surface area contributed by atoms with E-state index in [2.05, 4.69) is 6.92 Å². The number of unbranched alkanes of at least 4 members (excludes halogenated alkanes) is 3. The summed E-state index contributed by atoms with van der Waals surface area (Å²) in [6, 6.07) is 0. The van der Waals surface area contributed by atoms with Gasteiger partial charge < -0.3 is 19.3 Å². The Morgan fingerprint density at radius 1 is 0.952 bits per heavy atom. The third-order valence-electron chi connectivity index (χ3n) is 3.33. The molecule has 0 aliphatic rings. The molecule has 0 spiro atoms. The highest BCUT2D eigenvalue weighted by atomic mass is 16.7. The third-order valence-corrected chi connectivity index (χ3v) is 3.33. The van der Waals surface area contributed by atoms with E-state index < -0.39 is 17.9 Å². The van der Waals surface area contributed by atoms with Crippen LogP contribution in [0.5, 0.6) is 0 Å². The van der Waals surface area contributed by atoms with Crippen molar-refractivity contribution in [1.29, 1.82) is 0 Å². The van der Waals surface area contributed by atoms with E-state index in [0.29, 0.717) is 19.8 Å². The Labute approximate surface area is 129 Å². The van der Waals surface area contributed by atoms with E-state index in [1.54, 1.807) is 6.92 Å². The summed E-state index contributed by atoms with van der Waals surface area (Å²) in [6.45, 7) is 9.07. The average Bonchev–Trinajstić information content (AvgIpc) is 2.45. The Balaban J connectivity index is 4.82. The van der Waals surface area contributed by atoms with Crippen molar-refractivity contribution < 1.29 is 24.1 Å². The molecular weight excluding hydrogens is 272 g/mol. The van der Waals surface area contributed by atoms with Crippen molar-refractivity contribution in [2.24, 2.45) is 0 Å². The molecular formula is C16H32O5. The second kappa shape index (κ2) is 12.0. The highest BCUT2D eigenvalue weighted by Gasteiger charge is 2.47. The molecule has 5 nitrogen and oxygen atoms in total. The van der Waals surface area contributed by atoms with Crippen molar-refractivity contribution in [2.45, 2.75) is 78.1 Å². The van der Waals surface area contributed by atoms with Crippen molar-refractivity contribution in [3.05, 3.63) is 0 Å². The Morgan fingerprint density at radius 3 is 1.76 bits per heavy atom. The topological polar surface area (TPSA) is 65.0 Å². The highest BCUT2D eigenvalue weighted by Crippen LogP contribution is 2.23. The van der Waals surface area contributed by atoms with Crippen LogP contribution in [0.3, 0.4) is 0 Å². The van der Waals surface area contributed by atoms with Crippen LogP contribution in [0.1, 0.15) is 66.2 Å². The molecule has 0 rings (SSSR count). The quantitative estimate of drug-likeness (QED) is 0.392. The maximum absolute atomic E-state index is 11.8. The van der Waals surface area contributed by atoms with Gasteiger partial charge in [0.2, 0.25) is 0 Å². The molecule has 0 aliphatic heterocycles. The molecule has 0 saturated carbocycles. The van der Waals surface area contributed by atoms with Crippen LogP contribution in [0.4, 0.5) is 0 Å². The van der Waals surface area contributed by atoms with Crippen molar-refractivity contribution in [2.75, 3.05) is 19.8 Å². The molecule has 0 bridgehead atoms. The van der Waals surface area contributed by atoms with Gasteiger partial charge in [0.05, 0.1) is 13.2 Å². The van der Waals surface area contributed by atoms with E-state index in [1.807, 2.05) is 13.8 Å². The Morgan fingerprint density at radius 2 is 1.38 bits per heavy atom. The first-order chi connectivity index (χ1) is 10.0. The molecule has 21 heavy (non-hydrogen) atoms. The molecule has 1 N–H and O–H groups in total. The fraction of sp³-hybridized carbons (Fsp3) is 0.938. The van der Waals surface area contributed by atoms with Crippen LogP contribution >= 0.6 is 0 Å². The zero-order valence-electron chi connectivity index (χ0n) is 14.0. The van der Waals surface area contributed by atoms with E-state index in [1.165, 1.54) is 0 Å². The Hall–Kier alpha value is -0.650. The molecule has 0 amide bonds. The normalized spacial score (nSPS) is 13.3. The minimum atomic E-state index is -1.70. The first-order valence-corrected chi connectivity index (χ1v) is 8.18. The summed E-state index contributed by atoms with van der Waals surface area (Å²) in [5, 5.41) is 9.62. The highest BCUT2D eigenvalue weighted by molar-refractivity contribution is 5.76. The number of hydrogen-bond donors (Lipinski definition) is 1. The summed E-state index contributed by atoms with van der Waals surface area (Å²) >= 11 is 0. The number of aliphatic carboxylic acids is 1. The van der Waals surface area contributed by atoms with Crippen LogP contribution in [-0.2, 0) is 19.0 Å². The number of carboxylic acids is 1. The fourth-order valence-corrected chi connectivity index (χ4v) is 1.82. The zero-order valence-corrected chi connectivity index (χ0v) is 14.0. The van der Waals surface area contributed by atoms with Gasteiger partial charge in [0.25, 0.3) is 5.79 Å². The lowest BCUT2D eigenvalue weighted by atomic mass is 10.1. The summed E-state index contributed by atoms with van der Waals surface area (Å²) in [4.78, 5) is 11.8. The van der Waals surface area contributed by atoms with Crippen LogP contribution in [0, 0.1) is 0 Å². The van der Waals surface area contributed by atoms with Gasteiger partial charge in [-0.3, -0.25) is 0 Å². The van der Waals surface area contributed by atoms with Crippen LogP contribution < -0.4 is 0 Å². The molecule has 0 radical (unpaired) electrons. The second-order valence-corrected chi connectivity index (χ2v) is 5.24. The first-order valence-electron chi connectivity index (χ1n) is 8.18. The van der Waals surface area contributed by atoms with E-state index >= 15 is 0 Å². The Kier molecular flexibility index (Phi) is 11.6. The van der Waals surface area contributed by atoms with E-state index in [-0.39, 0.29) is 0 Å². The molecule has 0 aromatic carbocycles. The molecule has 0 heterocycles. The van der Waals surface area contributed by atoms with Gasteiger partial charge >= 0.3 is 5.97 Å². The number of hydrogen-bond acceptors (Lipinski definition) is 4. The van der Waals surface area contributed by atoms with Crippen LogP contribution in [0.15, 0.2) is 0 Å². The predicted molar refractivity (Wildman–Crippen MR) is 82.4 cm³/mol. The van der Waals surface area contributed by atoms with E-state index in [4.69, 9.17) is 14.2 Å². The number of rotatable bonds is 14.